The lowest BCUT2D eigenvalue weighted by atomic mass is 10.2. The first-order valence-electron chi connectivity index (χ1n) is 9.26. The topological polar surface area (TPSA) is 76.2 Å². The number of nitrogens with zero attached hydrogens (tertiary/aromatic N) is 4. The minimum Gasteiger partial charge on any atom is -0.472 e. The molecule has 0 bridgehead atoms. The van der Waals surface area contributed by atoms with Crippen molar-refractivity contribution in [3.8, 4) is 11.4 Å². The largest absolute Gasteiger partial charge is 0.472 e. The van der Waals surface area contributed by atoms with Crippen LogP contribution in [0.25, 0.3) is 22.6 Å². The Morgan fingerprint density at radius 1 is 1.14 bits per heavy atom. The van der Waals surface area contributed by atoms with Crippen LogP contribution in [0.3, 0.4) is 0 Å². The molecule has 1 aromatic carbocycles. The number of aromatic nitrogens is 3. The number of urea groups is 1. The van der Waals surface area contributed by atoms with Crippen molar-refractivity contribution in [1.82, 2.24) is 19.4 Å². The van der Waals surface area contributed by atoms with Gasteiger partial charge in [-0.3, -0.25) is 0 Å². The third kappa shape index (κ3) is 2.90. The minimum atomic E-state index is -0.0871. The number of imidazole rings is 1. The minimum absolute atomic E-state index is 0.0871. The van der Waals surface area contributed by atoms with E-state index in [0.717, 1.165) is 34.7 Å². The lowest BCUT2D eigenvalue weighted by Gasteiger charge is -2.19. The second kappa shape index (κ2) is 6.84. The van der Waals surface area contributed by atoms with E-state index in [2.05, 4.69) is 14.9 Å². The molecule has 4 aromatic rings. The molecule has 0 unspecified atom stereocenters. The molecular formula is C21H19N5O2. The summed E-state index contributed by atoms with van der Waals surface area (Å²) in [5.74, 6) is 0.817. The molecular weight excluding hydrogens is 354 g/mol. The predicted octanol–water partition coefficient (Wildman–Crippen LogP) is 4.17. The van der Waals surface area contributed by atoms with Crippen LogP contribution in [0.15, 0.2) is 71.7 Å². The number of furan rings is 1. The molecule has 7 nitrogen and oxygen atoms in total. The number of nitrogens with one attached hydrogen (secondary N) is 1. The molecule has 1 atom stereocenters. The quantitative estimate of drug-likeness (QED) is 0.585. The van der Waals surface area contributed by atoms with E-state index in [1.165, 1.54) is 0 Å². The number of anilines is 1. The molecule has 5 rings (SSSR count). The highest BCUT2D eigenvalue weighted by atomic mass is 16.3. The van der Waals surface area contributed by atoms with Crippen molar-refractivity contribution in [2.24, 2.45) is 0 Å². The molecule has 1 N–H and O–H groups in total. The van der Waals surface area contributed by atoms with Gasteiger partial charge < -0.3 is 19.2 Å². The summed E-state index contributed by atoms with van der Waals surface area (Å²) in [6, 6.07) is 15.3. The fourth-order valence-electron chi connectivity index (χ4n) is 3.73. The van der Waals surface area contributed by atoms with Gasteiger partial charge in [0.2, 0.25) is 0 Å². The highest BCUT2D eigenvalue weighted by molar-refractivity contribution is 5.89. The average molecular weight is 373 g/mol. The van der Waals surface area contributed by atoms with Gasteiger partial charge in [-0.2, -0.15) is 0 Å². The smallest absolute Gasteiger partial charge is 0.321 e. The molecule has 1 aliphatic heterocycles. The van der Waals surface area contributed by atoms with Crippen LogP contribution in [0.2, 0.25) is 0 Å². The van der Waals surface area contributed by atoms with Crippen LogP contribution in [0, 0.1) is 0 Å². The highest BCUT2D eigenvalue weighted by Gasteiger charge is 2.31. The summed E-state index contributed by atoms with van der Waals surface area (Å²) in [7, 11) is 0. The van der Waals surface area contributed by atoms with Gasteiger partial charge in [-0.25, -0.2) is 14.8 Å². The van der Waals surface area contributed by atoms with Crippen LogP contribution in [0.5, 0.6) is 0 Å². The predicted molar refractivity (Wildman–Crippen MR) is 106 cm³/mol. The Labute approximate surface area is 161 Å². The number of benzene rings is 1. The van der Waals surface area contributed by atoms with E-state index in [9.17, 15) is 4.79 Å². The summed E-state index contributed by atoms with van der Waals surface area (Å²) in [4.78, 5) is 23.8. The molecule has 0 aliphatic carbocycles. The van der Waals surface area contributed by atoms with Crippen LogP contribution in [0.1, 0.15) is 12.5 Å². The molecule has 1 saturated heterocycles. The number of pyridine rings is 1. The fraction of sp³-hybridized carbons (Fsp3) is 0.190. The third-order valence-corrected chi connectivity index (χ3v) is 5.07. The van der Waals surface area contributed by atoms with Crippen molar-refractivity contribution in [3.05, 3.63) is 67.3 Å². The zero-order chi connectivity index (χ0) is 18.9. The SMILES string of the molecule is O=C(Nc1ccccc1)N1CC[C@@H](n2c(-c3ccoc3)nc3cccnc32)C1. The molecule has 0 radical (unpaired) electrons. The molecule has 140 valence electrons. The molecule has 1 fully saturated rings. The maximum Gasteiger partial charge on any atom is 0.321 e. The zero-order valence-electron chi connectivity index (χ0n) is 15.2. The lowest BCUT2D eigenvalue weighted by molar-refractivity contribution is 0.221. The Morgan fingerprint density at radius 2 is 2.04 bits per heavy atom. The van der Waals surface area contributed by atoms with Gasteiger partial charge in [-0.05, 0) is 36.8 Å². The number of rotatable bonds is 3. The van der Waals surface area contributed by atoms with E-state index in [1.54, 1.807) is 18.7 Å². The van der Waals surface area contributed by atoms with Gasteiger partial charge in [0.25, 0.3) is 0 Å². The normalized spacial score (nSPS) is 16.6. The van der Waals surface area contributed by atoms with Crippen LogP contribution in [-0.2, 0) is 0 Å². The van der Waals surface area contributed by atoms with Gasteiger partial charge in [-0.15, -0.1) is 0 Å². The maximum absolute atomic E-state index is 12.7. The van der Waals surface area contributed by atoms with E-state index in [4.69, 9.17) is 9.40 Å². The van der Waals surface area contributed by atoms with Crippen LogP contribution < -0.4 is 5.32 Å². The number of hydrogen-bond donors (Lipinski definition) is 1. The summed E-state index contributed by atoms with van der Waals surface area (Å²) in [6.07, 6.45) is 5.94. The Bertz CT molecular complexity index is 1100. The molecule has 4 heterocycles. The number of carbonyl (C=O) groups is 1. The molecule has 0 saturated carbocycles. The van der Waals surface area contributed by atoms with Crippen molar-refractivity contribution in [3.63, 3.8) is 0 Å². The Hall–Kier alpha value is -3.61. The lowest BCUT2D eigenvalue weighted by Crippen LogP contribution is -2.33. The van der Waals surface area contributed by atoms with Gasteiger partial charge in [0, 0.05) is 25.0 Å². The molecule has 2 amide bonds. The van der Waals surface area contributed by atoms with Crippen molar-refractivity contribution in [2.75, 3.05) is 18.4 Å². The van der Waals surface area contributed by atoms with Gasteiger partial charge in [0.1, 0.15) is 17.6 Å². The summed E-state index contributed by atoms with van der Waals surface area (Å²) in [6.45, 7) is 1.28. The fourth-order valence-corrected chi connectivity index (χ4v) is 3.73. The van der Waals surface area contributed by atoms with Gasteiger partial charge in [0.15, 0.2) is 5.65 Å². The second-order valence-electron chi connectivity index (χ2n) is 6.85. The molecule has 7 heteroatoms. The molecule has 0 spiro atoms. The van der Waals surface area contributed by atoms with Crippen molar-refractivity contribution >= 4 is 22.9 Å². The molecule has 28 heavy (non-hydrogen) atoms. The number of para-hydroxylation sites is 1. The summed E-state index contributed by atoms with van der Waals surface area (Å²) in [5, 5.41) is 2.96. The Morgan fingerprint density at radius 3 is 2.86 bits per heavy atom. The van der Waals surface area contributed by atoms with E-state index < -0.39 is 0 Å². The van der Waals surface area contributed by atoms with E-state index in [-0.39, 0.29) is 12.1 Å². The number of carbonyl (C=O) groups excluding carboxylic acids is 1. The number of fused-ring (bicyclic) bond motifs is 1. The van der Waals surface area contributed by atoms with Crippen molar-refractivity contribution < 1.29 is 9.21 Å². The summed E-state index contributed by atoms with van der Waals surface area (Å²) >= 11 is 0. The van der Waals surface area contributed by atoms with Crippen LogP contribution in [-0.4, -0.2) is 38.6 Å². The van der Waals surface area contributed by atoms with E-state index in [1.807, 2.05) is 53.4 Å². The first-order chi connectivity index (χ1) is 13.8. The first kappa shape index (κ1) is 16.6. The Kier molecular flexibility index (Phi) is 4.05. The molecule has 1 aliphatic rings. The summed E-state index contributed by atoms with van der Waals surface area (Å²) < 4.78 is 7.39. The standard InChI is InChI=1S/C21H19N5O2/c27-21(23-16-5-2-1-3-6-16)25-11-8-17(13-25)26-19(15-9-12-28-14-15)24-18-7-4-10-22-20(18)26/h1-7,9-10,12,14,17H,8,11,13H2,(H,23,27)/t17-/m1/s1. The Balaban J connectivity index is 1.44. The monoisotopic (exact) mass is 373 g/mol. The average Bonchev–Trinajstić information content (AvgIpc) is 3.46. The second-order valence-corrected chi connectivity index (χ2v) is 6.85. The first-order valence-corrected chi connectivity index (χ1v) is 9.26. The van der Waals surface area contributed by atoms with Gasteiger partial charge in [0.05, 0.1) is 17.9 Å². The highest BCUT2D eigenvalue weighted by Crippen LogP contribution is 2.32. The zero-order valence-corrected chi connectivity index (χ0v) is 15.2. The van der Waals surface area contributed by atoms with E-state index in [0.29, 0.717) is 13.1 Å². The van der Waals surface area contributed by atoms with Gasteiger partial charge in [-0.1, -0.05) is 18.2 Å². The number of likely N-dealkylation sites (tertiary alicyclic amines) is 1. The number of amides is 2. The molecule has 3 aromatic heterocycles. The van der Waals surface area contributed by atoms with Crippen molar-refractivity contribution in [2.45, 2.75) is 12.5 Å². The third-order valence-electron chi connectivity index (χ3n) is 5.07. The van der Waals surface area contributed by atoms with Crippen LogP contribution in [0.4, 0.5) is 10.5 Å². The number of hydrogen-bond acceptors (Lipinski definition) is 4. The maximum atomic E-state index is 12.7. The van der Waals surface area contributed by atoms with Crippen LogP contribution >= 0.6 is 0 Å². The van der Waals surface area contributed by atoms with E-state index >= 15 is 0 Å². The summed E-state index contributed by atoms with van der Waals surface area (Å²) in [5.41, 5.74) is 3.37. The van der Waals surface area contributed by atoms with Crippen molar-refractivity contribution in [1.29, 1.82) is 0 Å². The van der Waals surface area contributed by atoms with Gasteiger partial charge >= 0.3 is 6.03 Å².